The molecule has 0 aromatic heterocycles. The number of rotatable bonds is 4. The van der Waals surface area contributed by atoms with Crippen LogP contribution in [0.3, 0.4) is 0 Å². The summed E-state index contributed by atoms with van der Waals surface area (Å²) in [5.41, 5.74) is 2.39. The normalized spacial score (nSPS) is 21.2. The second-order valence-electron chi connectivity index (χ2n) is 7.07. The molecular weight excluding hydrogens is 328 g/mol. The van der Waals surface area contributed by atoms with Gasteiger partial charge in [0, 0.05) is 31.9 Å². The van der Waals surface area contributed by atoms with E-state index in [-0.39, 0.29) is 12.1 Å². The van der Waals surface area contributed by atoms with Gasteiger partial charge in [-0.15, -0.1) is 0 Å². The van der Waals surface area contributed by atoms with Crippen molar-refractivity contribution in [3.05, 3.63) is 29.3 Å². The molecule has 6 heteroatoms. The van der Waals surface area contributed by atoms with E-state index in [4.69, 9.17) is 10.00 Å². The monoisotopic (exact) mass is 356 g/mol. The standard InChI is InChI=1S/C20H28N4O2/c1-2-17-12-16(13-21)6-7-19(17)22-20(25)24-10-5-11-26-18(15-24)14-23-8-3-4-9-23/h6-7,12,18H,2-5,8-11,14-15H2,1H3,(H,22,25)/t18-/m0/s1. The SMILES string of the molecule is CCc1cc(C#N)ccc1NC(=O)N1CCCO[C@@H](CN2CCCC2)C1. The minimum atomic E-state index is -0.0821. The van der Waals surface area contributed by atoms with Gasteiger partial charge in [-0.3, -0.25) is 0 Å². The van der Waals surface area contributed by atoms with Gasteiger partial charge in [0.1, 0.15) is 0 Å². The lowest BCUT2D eigenvalue weighted by molar-refractivity contribution is 0.0355. The third-order valence-corrected chi connectivity index (χ3v) is 5.15. The van der Waals surface area contributed by atoms with Gasteiger partial charge >= 0.3 is 6.03 Å². The summed E-state index contributed by atoms with van der Waals surface area (Å²) in [5, 5.41) is 12.1. The number of ether oxygens (including phenoxy) is 1. The van der Waals surface area contributed by atoms with Crippen molar-refractivity contribution in [1.29, 1.82) is 5.26 Å². The Morgan fingerprint density at radius 3 is 2.85 bits per heavy atom. The number of hydrogen-bond acceptors (Lipinski definition) is 4. The summed E-state index contributed by atoms with van der Waals surface area (Å²) >= 11 is 0. The molecule has 1 N–H and O–H groups in total. The van der Waals surface area contributed by atoms with E-state index in [1.807, 2.05) is 24.0 Å². The van der Waals surface area contributed by atoms with Crippen LogP contribution in [0.2, 0.25) is 0 Å². The van der Waals surface area contributed by atoms with Crippen molar-refractivity contribution in [1.82, 2.24) is 9.80 Å². The van der Waals surface area contributed by atoms with E-state index >= 15 is 0 Å². The number of nitrogens with one attached hydrogen (secondary N) is 1. The quantitative estimate of drug-likeness (QED) is 0.901. The molecule has 1 aromatic carbocycles. The molecule has 0 bridgehead atoms. The smallest absolute Gasteiger partial charge is 0.321 e. The number of likely N-dealkylation sites (tertiary alicyclic amines) is 1. The maximum absolute atomic E-state index is 12.8. The van der Waals surface area contributed by atoms with E-state index in [1.54, 1.807) is 6.07 Å². The number of urea groups is 1. The lowest BCUT2D eigenvalue weighted by Gasteiger charge is -2.27. The van der Waals surface area contributed by atoms with E-state index in [0.717, 1.165) is 43.7 Å². The molecule has 2 saturated heterocycles. The van der Waals surface area contributed by atoms with Crippen molar-refractivity contribution in [2.75, 3.05) is 44.6 Å². The molecule has 0 unspecified atom stereocenters. The number of amides is 2. The highest BCUT2D eigenvalue weighted by atomic mass is 16.5. The topological polar surface area (TPSA) is 68.6 Å². The lowest BCUT2D eigenvalue weighted by Crippen LogP contribution is -2.43. The fraction of sp³-hybridized carbons (Fsp3) is 0.600. The molecule has 140 valence electrons. The van der Waals surface area contributed by atoms with E-state index in [1.165, 1.54) is 12.8 Å². The first-order valence-corrected chi connectivity index (χ1v) is 9.62. The predicted octanol–water partition coefficient (Wildman–Crippen LogP) is 2.84. The zero-order chi connectivity index (χ0) is 18.4. The zero-order valence-electron chi connectivity index (χ0n) is 15.5. The average molecular weight is 356 g/mol. The molecule has 0 aliphatic carbocycles. The third kappa shape index (κ3) is 4.75. The first-order valence-electron chi connectivity index (χ1n) is 9.62. The van der Waals surface area contributed by atoms with Crippen molar-refractivity contribution < 1.29 is 9.53 Å². The van der Waals surface area contributed by atoms with Crippen molar-refractivity contribution in [2.45, 2.75) is 38.7 Å². The molecule has 1 atom stereocenters. The van der Waals surface area contributed by atoms with Crippen LogP contribution in [0.5, 0.6) is 0 Å². The minimum absolute atomic E-state index is 0.0768. The van der Waals surface area contributed by atoms with Crippen molar-refractivity contribution >= 4 is 11.7 Å². The molecule has 2 aliphatic heterocycles. The van der Waals surface area contributed by atoms with Crippen LogP contribution < -0.4 is 5.32 Å². The number of nitrogens with zero attached hydrogens (tertiary/aromatic N) is 3. The molecule has 6 nitrogen and oxygen atoms in total. The van der Waals surface area contributed by atoms with E-state index in [2.05, 4.69) is 16.3 Å². The molecule has 0 radical (unpaired) electrons. The largest absolute Gasteiger partial charge is 0.375 e. The molecular formula is C20H28N4O2. The average Bonchev–Trinajstić information content (AvgIpc) is 3.05. The highest BCUT2D eigenvalue weighted by Crippen LogP contribution is 2.19. The van der Waals surface area contributed by atoms with Crippen LogP contribution in [0, 0.1) is 11.3 Å². The maximum atomic E-state index is 12.8. The fourth-order valence-corrected chi connectivity index (χ4v) is 3.72. The summed E-state index contributed by atoms with van der Waals surface area (Å²) in [5.74, 6) is 0. The van der Waals surface area contributed by atoms with Gasteiger partial charge in [-0.1, -0.05) is 6.92 Å². The summed E-state index contributed by atoms with van der Waals surface area (Å²) in [4.78, 5) is 17.1. The zero-order valence-corrected chi connectivity index (χ0v) is 15.5. The van der Waals surface area contributed by atoms with Crippen LogP contribution in [-0.2, 0) is 11.2 Å². The van der Waals surface area contributed by atoms with Crippen molar-refractivity contribution in [2.24, 2.45) is 0 Å². The van der Waals surface area contributed by atoms with Crippen LogP contribution in [0.4, 0.5) is 10.5 Å². The van der Waals surface area contributed by atoms with Crippen LogP contribution in [-0.4, -0.2) is 61.3 Å². The van der Waals surface area contributed by atoms with Gasteiger partial charge < -0.3 is 19.9 Å². The highest BCUT2D eigenvalue weighted by Gasteiger charge is 2.25. The van der Waals surface area contributed by atoms with Gasteiger partial charge in [0.25, 0.3) is 0 Å². The van der Waals surface area contributed by atoms with Gasteiger partial charge in [-0.25, -0.2) is 4.79 Å². The second kappa shape index (κ2) is 9.02. The highest BCUT2D eigenvalue weighted by molar-refractivity contribution is 5.90. The molecule has 2 fully saturated rings. The van der Waals surface area contributed by atoms with E-state index in [9.17, 15) is 4.79 Å². The number of carbonyl (C=O) groups excluding carboxylic acids is 1. The second-order valence-corrected chi connectivity index (χ2v) is 7.07. The summed E-state index contributed by atoms with van der Waals surface area (Å²) in [6.07, 6.45) is 4.22. The Balaban J connectivity index is 1.63. The Bertz CT molecular complexity index is 664. The fourth-order valence-electron chi connectivity index (χ4n) is 3.72. The van der Waals surface area contributed by atoms with Crippen LogP contribution in [0.1, 0.15) is 37.3 Å². The van der Waals surface area contributed by atoms with E-state index in [0.29, 0.717) is 25.3 Å². The van der Waals surface area contributed by atoms with Gasteiger partial charge in [0.05, 0.1) is 17.7 Å². The van der Waals surface area contributed by atoms with Crippen LogP contribution in [0.25, 0.3) is 0 Å². The number of hydrogen-bond donors (Lipinski definition) is 1. The number of aryl methyl sites for hydroxylation is 1. The summed E-state index contributed by atoms with van der Waals surface area (Å²) in [6.45, 7) is 7.24. The predicted molar refractivity (Wildman–Crippen MR) is 101 cm³/mol. The Morgan fingerprint density at radius 1 is 1.31 bits per heavy atom. The molecule has 26 heavy (non-hydrogen) atoms. The Labute approximate surface area is 155 Å². The molecule has 2 heterocycles. The summed E-state index contributed by atoms with van der Waals surface area (Å²) in [6, 6.07) is 7.48. The number of carbonyl (C=O) groups is 1. The molecule has 2 amide bonds. The van der Waals surface area contributed by atoms with Gasteiger partial charge in [-0.05, 0) is 62.5 Å². The molecule has 0 spiro atoms. The molecule has 1 aromatic rings. The van der Waals surface area contributed by atoms with E-state index < -0.39 is 0 Å². The maximum Gasteiger partial charge on any atom is 0.321 e. The lowest BCUT2D eigenvalue weighted by atomic mass is 10.1. The Kier molecular flexibility index (Phi) is 6.48. The van der Waals surface area contributed by atoms with Gasteiger partial charge in [0.2, 0.25) is 0 Å². The molecule has 2 aliphatic rings. The minimum Gasteiger partial charge on any atom is -0.375 e. The number of anilines is 1. The Hall–Kier alpha value is -2.10. The molecule has 0 saturated carbocycles. The van der Waals surface area contributed by atoms with Crippen molar-refractivity contribution in [3.63, 3.8) is 0 Å². The van der Waals surface area contributed by atoms with Gasteiger partial charge in [0.15, 0.2) is 0 Å². The van der Waals surface area contributed by atoms with Crippen molar-refractivity contribution in [3.8, 4) is 6.07 Å². The molecule has 3 rings (SSSR count). The first-order chi connectivity index (χ1) is 12.7. The van der Waals surface area contributed by atoms with Crippen LogP contribution >= 0.6 is 0 Å². The third-order valence-electron chi connectivity index (χ3n) is 5.15. The number of nitriles is 1. The first kappa shape index (κ1) is 18.7. The van der Waals surface area contributed by atoms with Crippen LogP contribution in [0.15, 0.2) is 18.2 Å². The Morgan fingerprint density at radius 2 is 2.12 bits per heavy atom. The summed E-state index contributed by atoms with van der Waals surface area (Å²) < 4.78 is 5.97. The summed E-state index contributed by atoms with van der Waals surface area (Å²) in [7, 11) is 0. The van der Waals surface area contributed by atoms with Gasteiger partial charge in [-0.2, -0.15) is 5.26 Å². The number of benzene rings is 1.